The fourth-order valence-corrected chi connectivity index (χ4v) is 2.79. The molecule has 0 saturated carbocycles. The number of amides is 1. The van der Waals surface area contributed by atoms with Crippen molar-refractivity contribution in [2.75, 3.05) is 23.3 Å². The minimum atomic E-state index is -1.64. The molecule has 132 valence electrons. The Morgan fingerprint density at radius 1 is 1.20 bits per heavy atom. The largest absolute Gasteiger partial charge is 0.341 e. The third-order valence-electron chi connectivity index (χ3n) is 4.12. The van der Waals surface area contributed by atoms with Gasteiger partial charge < -0.3 is 10.2 Å². The van der Waals surface area contributed by atoms with E-state index in [-0.39, 0.29) is 5.56 Å². The van der Waals surface area contributed by atoms with Crippen LogP contribution in [-0.4, -0.2) is 29.0 Å². The zero-order valence-electron chi connectivity index (χ0n) is 13.6. The lowest BCUT2D eigenvalue weighted by atomic mass is 10.0. The van der Waals surface area contributed by atoms with Crippen molar-refractivity contribution in [2.24, 2.45) is 5.92 Å². The van der Waals surface area contributed by atoms with Gasteiger partial charge in [-0.2, -0.15) is 0 Å². The summed E-state index contributed by atoms with van der Waals surface area (Å²) in [4.78, 5) is 22.5. The standard InChI is InChI=1S/C17H17F3N4O/c1-10-3-2-6-24(9-10)17-21-7-11(8-22-17)16(25)23-13-5-4-12(18)14(19)15(13)20/h4-5,7-8,10H,2-3,6,9H2,1H3,(H,23,25). The molecule has 8 heteroatoms. The van der Waals surface area contributed by atoms with E-state index in [2.05, 4.69) is 22.2 Å². The minimum absolute atomic E-state index is 0.0953. The number of benzene rings is 1. The number of nitrogens with one attached hydrogen (secondary N) is 1. The summed E-state index contributed by atoms with van der Waals surface area (Å²) in [5, 5.41) is 2.19. The molecule has 2 heterocycles. The van der Waals surface area contributed by atoms with Crippen LogP contribution in [0.1, 0.15) is 30.1 Å². The van der Waals surface area contributed by atoms with Crippen molar-refractivity contribution in [3.05, 3.63) is 47.5 Å². The van der Waals surface area contributed by atoms with Crippen molar-refractivity contribution in [1.29, 1.82) is 0 Å². The molecule has 1 aliphatic heterocycles. The molecule has 0 aliphatic carbocycles. The van der Waals surface area contributed by atoms with Crippen LogP contribution in [0, 0.1) is 23.4 Å². The van der Waals surface area contributed by atoms with E-state index in [1.54, 1.807) is 0 Å². The normalized spacial score (nSPS) is 17.4. The molecule has 1 amide bonds. The van der Waals surface area contributed by atoms with Crippen LogP contribution in [-0.2, 0) is 0 Å². The molecule has 5 nitrogen and oxygen atoms in total. The van der Waals surface area contributed by atoms with E-state index in [0.717, 1.165) is 38.1 Å². The highest BCUT2D eigenvalue weighted by Crippen LogP contribution is 2.21. The number of hydrogen-bond donors (Lipinski definition) is 1. The molecule has 1 aromatic heterocycles. The van der Waals surface area contributed by atoms with Crippen LogP contribution < -0.4 is 10.2 Å². The number of nitrogens with zero attached hydrogens (tertiary/aromatic N) is 3. The van der Waals surface area contributed by atoms with E-state index in [1.165, 1.54) is 12.4 Å². The number of carbonyl (C=O) groups is 1. The molecule has 1 saturated heterocycles. The predicted octanol–water partition coefficient (Wildman–Crippen LogP) is 3.38. The lowest BCUT2D eigenvalue weighted by Gasteiger charge is -2.30. The first-order valence-electron chi connectivity index (χ1n) is 7.97. The van der Waals surface area contributed by atoms with E-state index >= 15 is 0 Å². The van der Waals surface area contributed by atoms with E-state index < -0.39 is 29.0 Å². The maximum Gasteiger partial charge on any atom is 0.258 e. The van der Waals surface area contributed by atoms with Gasteiger partial charge in [0.1, 0.15) is 0 Å². The molecule has 25 heavy (non-hydrogen) atoms. The SMILES string of the molecule is CC1CCCN(c2ncc(C(=O)Nc3ccc(F)c(F)c3F)cn2)C1. The highest BCUT2D eigenvalue weighted by molar-refractivity contribution is 6.03. The van der Waals surface area contributed by atoms with Crippen molar-refractivity contribution in [3.8, 4) is 0 Å². The zero-order valence-corrected chi connectivity index (χ0v) is 13.6. The fraction of sp³-hybridized carbons (Fsp3) is 0.353. The van der Waals surface area contributed by atoms with Gasteiger partial charge in [0.15, 0.2) is 17.5 Å². The van der Waals surface area contributed by atoms with E-state index in [0.29, 0.717) is 11.9 Å². The van der Waals surface area contributed by atoms with Crippen LogP contribution in [0.3, 0.4) is 0 Å². The second-order valence-corrected chi connectivity index (χ2v) is 6.14. The van der Waals surface area contributed by atoms with E-state index in [9.17, 15) is 18.0 Å². The number of hydrogen-bond acceptors (Lipinski definition) is 4. The molecule has 1 atom stereocenters. The van der Waals surface area contributed by atoms with Gasteiger partial charge >= 0.3 is 0 Å². The number of anilines is 2. The van der Waals surface area contributed by atoms with Crippen molar-refractivity contribution < 1.29 is 18.0 Å². The Labute approximate surface area is 142 Å². The highest BCUT2D eigenvalue weighted by atomic mass is 19.2. The molecular formula is C17H17F3N4O. The minimum Gasteiger partial charge on any atom is -0.341 e. The molecule has 0 radical (unpaired) electrons. The maximum absolute atomic E-state index is 13.6. The topological polar surface area (TPSA) is 58.1 Å². The summed E-state index contributed by atoms with van der Waals surface area (Å²) < 4.78 is 39.7. The van der Waals surface area contributed by atoms with Crippen LogP contribution in [0.2, 0.25) is 0 Å². The molecule has 0 spiro atoms. The second kappa shape index (κ2) is 7.08. The molecule has 1 aliphatic rings. The average molecular weight is 350 g/mol. The molecule has 3 rings (SSSR count). The van der Waals surface area contributed by atoms with Crippen LogP contribution in [0.5, 0.6) is 0 Å². The predicted molar refractivity (Wildman–Crippen MR) is 86.9 cm³/mol. The van der Waals surface area contributed by atoms with Crippen LogP contribution in [0.4, 0.5) is 24.8 Å². The Balaban J connectivity index is 1.72. The van der Waals surface area contributed by atoms with Gasteiger partial charge in [0.25, 0.3) is 5.91 Å². The Morgan fingerprint density at radius 3 is 2.60 bits per heavy atom. The summed E-state index contributed by atoms with van der Waals surface area (Å²) in [6.07, 6.45) is 4.88. The maximum atomic E-state index is 13.6. The van der Waals surface area contributed by atoms with E-state index in [4.69, 9.17) is 0 Å². The van der Waals surface area contributed by atoms with Crippen LogP contribution >= 0.6 is 0 Å². The van der Waals surface area contributed by atoms with Crippen molar-refractivity contribution in [3.63, 3.8) is 0 Å². The first-order chi connectivity index (χ1) is 12.0. The summed E-state index contributed by atoms with van der Waals surface area (Å²) in [6.45, 7) is 3.87. The summed E-state index contributed by atoms with van der Waals surface area (Å²) in [5.74, 6) is -4.03. The molecular weight excluding hydrogens is 333 g/mol. The van der Waals surface area contributed by atoms with Gasteiger partial charge in [-0.15, -0.1) is 0 Å². The third-order valence-corrected chi connectivity index (χ3v) is 4.12. The smallest absolute Gasteiger partial charge is 0.258 e. The summed E-state index contributed by atoms with van der Waals surface area (Å²) in [5.41, 5.74) is -0.351. The van der Waals surface area contributed by atoms with Gasteiger partial charge in [-0.25, -0.2) is 23.1 Å². The average Bonchev–Trinajstić information content (AvgIpc) is 2.62. The molecule has 1 aromatic carbocycles. The van der Waals surface area contributed by atoms with Gasteiger partial charge in [-0.05, 0) is 30.9 Å². The van der Waals surface area contributed by atoms with Gasteiger partial charge in [0.2, 0.25) is 5.95 Å². The van der Waals surface area contributed by atoms with Crippen molar-refractivity contribution in [1.82, 2.24) is 9.97 Å². The highest BCUT2D eigenvalue weighted by Gasteiger charge is 2.20. The van der Waals surface area contributed by atoms with Crippen molar-refractivity contribution >= 4 is 17.5 Å². The van der Waals surface area contributed by atoms with Crippen LogP contribution in [0.25, 0.3) is 0 Å². The Bertz CT molecular complexity index is 782. The van der Waals surface area contributed by atoms with Crippen molar-refractivity contribution in [2.45, 2.75) is 19.8 Å². The van der Waals surface area contributed by atoms with Gasteiger partial charge in [0, 0.05) is 25.5 Å². The Kier molecular flexibility index (Phi) is 4.87. The molecule has 1 unspecified atom stereocenters. The lowest BCUT2D eigenvalue weighted by molar-refractivity contribution is 0.102. The summed E-state index contributed by atoms with van der Waals surface area (Å²) >= 11 is 0. The second-order valence-electron chi connectivity index (χ2n) is 6.14. The number of rotatable bonds is 3. The Hall–Kier alpha value is -2.64. The molecule has 1 fully saturated rings. The number of piperidine rings is 1. The lowest BCUT2D eigenvalue weighted by Crippen LogP contribution is -2.35. The quantitative estimate of drug-likeness (QED) is 0.862. The molecule has 0 bridgehead atoms. The molecule has 2 aromatic rings. The third kappa shape index (κ3) is 3.72. The zero-order chi connectivity index (χ0) is 18.0. The summed E-state index contributed by atoms with van der Waals surface area (Å²) in [6, 6.07) is 1.70. The van der Waals surface area contributed by atoms with Crippen LogP contribution in [0.15, 0.2) is 24.5 Å². The van der Waals surface area contributed by atoms with Gasteiger partial charge in [-0.1, -0.05) is 6.92 Å². The fourth-order valence-electron chi connectivity index (χ4n) is 2.79. The monoisotopic (exact) mass is 350 g/mol. The number of aromatic nitrogens is 2. The van der Waals surface area contributed by atoms with Gasteiger partial charge in [0.05, 0.1) is 11.3 Å². The van der Waals surface area contributed by atoms with Gasteiger partial charge in [-0.3, -0.25) is 4.79 Å². The first-order valence-corrected chi connectivity index (χ1v) is 7.97. The Morgan fingerprint density at radius 2 is 1.92 bits per heavy atom. The first kappa shape index (κ1) is 17.2. The number of halogens is 3. The molecule has 1 N–H and O–H groups in total. The summed E-state index contributed by atoms with van der Waals surface area (Å²) in [7, 11) is 0. The number of carbonyl (C=O) groups excluding carboxylic acids is 1. The van der Waals surface area contributed by atoms with E-state index in [1.807, 2.05) is 4.90 Å².